The topological polar surface area (TPSA) is 67.9 Å². The maximum absolute atomic E-state index is 5.51. The van der Waals surface area contributed by atoms with Crippen LogP contribution in [-0.2, 0) is 19.4 Å². The summed E-state index contributed by atoms with van der Waals surface area (Å²) in [5, 5.41) is 5.25. The molecule has 23 heavy (non-hydrogen) atoms. The molecule has 0 fully saturated rings. The summed E-state index contributed by atoms with van der Waals surface area (Å²) in [6.45, 7) is 2.57. The largest absolute Gasteiger partial charge is 0.361 e. The fraction of sp³-hybridized carbons (Fsp3) is 0.412. The lowest BCUT2D eigenvalue weighted by molar-refractivity contribution is 0.368. The van der Waals surface area contributed by atoms with E-state index in [1.54, 1.807) is 6.20 Å². The van der Waals surface area contributed by atoms with Gasteiger partial charge in [0.15, 0.2) is 5.65 Å². The summed E-state index contributed by atoms with van der Waals surface area (Å²) in [5.41, 5.74) is 3.04. The predicted molar refractivity (Wildman–Crippen MR) is 87.3 cm³/mol. The van der Waals surface area contributed by atoms with Crippen LogP contribution in [0.3, 0.4) is 0 Å². The molecule has 6 heteroatoms. The zero-order valence-electron chi connectivity index (χ0n) is 13.4. The number of rotatable bonds is 3. The zero-order valence-corrected chi connectivity index (χ0v) is 13.4. The highest BCUT2D eigenvalue weighted by atomic mass is 16.5. The summed E-state index contributed by atoms with van der Waals surface area (Å²) in [6.07, 6.45) is 6.23. The first kappa shape index (κ1) is 14.1. The van der Waals surface area contributed by atoms with Gasteiger partial charge in [-0.2, -0.15) is 0 Å². The van der Waals surface area contributed by atoms with E-state index in [9.17, 15) is 0 Å². The molecule has 0 bridgehead atoms. The van der Waals surface area contributed by atoms with Crippen LogP contribution in [0.15, 0.2) is 22.9 Å². The molecule has 118 valence electrons. The van der Waals surface area contributed by atoms with Gasteiger partial charge in [-0.3, -0.25) is 0 Å². The summed E-state index contributed by atoms with van der Waals surface area (Å²) in [5.74, 6) is 2.67. The number of pyridine rings is 1. The summed E-state index contributed by atoms with van der Waals surface area (Å²) in [6, 6.07) is 3.92. The van der Waals surface area contributed by atoms with Gasteiger partial charge >= 0.3 is 0 Å². The molecule has 0 aliphatic heterocycles. The Morgan fingerprint density at radius 3 is 3.00 bits per heavy atom. The lowest BCUT2D eigenvalue weighted by Gasteiger charge is -2.19. The second-order valence-corrected chi connectivity index (χ2v) is 6.06. The third-order valence-corrected chi connectivity index (χ3v) is 4.34. The van der Waals surface area contributed by atoms with E-state index < -0.39 is 0 Å². The van der Waals surface area contributed by atoms with E-state index in [1.165, 1.54) is 18.4 Å². The van der Waals surface area contributed by atoms with Crippen LogP contribution in [0.25, 0.3) is 11.0 Å². The Hall–Kier alpha value is -2.50. The van der Waals surface area contributed by atoms with Crippen LogP contribution >= 0.6 is 0 Å². The number of nitrogens with zero attached hydrogens (tertiary/aromatic N) is 5. The molecule has 1 aliphatic carbocycles. The molecule has 0 N–H and O–H groups in total. The number of aromatic nitrogens is 4. The molecule has 3 aromatic heterocycles. The number of hydrogen-bond donors (Lipinski definition) is 0. The van der Waals surface area contributed by atoms with Crippen LogP contribution in [0.2, 0.25) is 0 Å². The Morgan fingerprint density at radius 2 is 2.09 bits per heavy atom. The Morgan fingerprint density at radius 1 is 1.22 bits per heavy atom. The molecule has 1 aliphatic rings. The Bertz CT molecular complexity index is 857. The first-order valence-corrected chi connectivity index (χ1v) is 7.99. The van der Waals surface area contributed by atoms with Crippen molar-refractivity contribution >= 4 is 16.9 Å². The molecule has 0 amide bonds. The van der Waals surface area contributed by atoms with Crippen molar-refractivity contribution < 1.29 is 4.52 Å². The predicted octanol–water partition coefficient (Wildman–Crippen LogP) is 2.84. The fourth-order valence-corrected chi connectivity index (χ4v) is 3.22. The summed E-state index contributed by atoms with van der Waals surface area (Å²) in [4.78, 5) is 15.5. The molecular weight excluding hydrogens is 290 g/mol. The van der Waals surface area contributed by atoms with Gasteiger partial charge in [0.25, 0.3) is 0 Å². The molecule has 3 aromatic rings. The number of fused-ring (bicyclic) bond motifs is 2. The highest BCUT2D eigenvalue weighted by molar-refractivity contribution is 5.86. The quantitative estimate of drug-likeness (QED) is 0.741. The van der Waals surface area contributed by atoms with Crippen molar-refractivity contribution in [2.24, 2.45) is 0 Å². The molecule has 0 radical (unpaired) electrons. The Balaban J connectivity index is 1.70. The van der Waals surface area contributed by atoms with Gasteiger partial charge in [0, 0.05) is 25.2 Å². The standard InChI is InChI=1S/C17H19N5O/c1-11-19-16-13(7-5-9-18-16)17(20-11)22(2)10-14-12-6-3-4-8-15(12)23-21-14/h5,7,9H,3-4,6,8,10H2,1-2H3. The minimum atomic E-state index is 0.680. The van der Waals surface area contributed by atoms with Crippen molar-refractivity contribution in [3.05, 3.63) is 41.2 Å². The van der Waals surface area contributed by atoms with Crippen molar-refractivity contribution in [2.75, 3.05) is 11.9 Å². The third kappa shape index (κ3) is 2.54. The molecule has 0 aromatic carbocycles. The van der Waals surface area contributed by atoms with Gasteiger partial charge in [0.1, 0.15) is 23.1 Å². The van der Waals surface area contributed by atoms with Gasteiger partial charge in [-0.05, 0) is 38.3 Å². The molecule has 0 saturated carbocycles. The number of anilines is 1. The second-order valence-electron chi connectivity index (χ2n) is 6.06. The molecule has 0 unspecified atom stereocenters. The van der Waals surface area contributed by atoms with Crippen LogP contribution in [0.5, 0.6) is 0 Å². The average Bonchev–Trinajstić information content (AvgIpc) is 2.97. The minimum absolute atomic E-state index is 0.680. The van der Waals surface area contributed by atoms with Crippen LogP contribution in [-0.4, -0.2) is 27.2 Å². The first-order valence-electron chi connectivity index (χ1n) is 7.99. The molecule has 0 spiro atoms. The summed E-state index contributed by atoms with van der Waals surface area (Å²) in [7, 11) is 2.03. The van der Waals surface area contributed by atoms with Gasteiger partial charge in [0.2, 0.25) is 0 Å². The third-order valence-electron chi connectivity index (χ3n) is 4.34. The van der Waals surface area contributed by atoms with E-state index in [0.717, 1.165) is 47.0 Å². The van der Waals surface area contributed by atoms with Gasteiger partial charge in [-0.15, -0.1) is 0 Å². The molecule has 3 heterocycles. The monoisotopic (exact) mass is 309 g/mol. The van der Waals surface area contributed by atoms with Crippen LogP contribution in [0, 0.1) is 6.92 Å². The van der Waals surface area contributed by atoms with E-state index in [1.807, 2.05) is 26.1 Å². The van der Waals surface area contributed by atoms with Gasteiger partial charge in [-0.1, -0.05) is 5.16 Å². The molecule has 6 nitrogen and oxygen atoms in total. The van der Waals surface area contributed by atoms with Crippen LogP contribution in [0.4, 0.5) is 5.82 Å². The molecule has 4 rings (SSSR count). The smallest absolute Gasteiger partial charge is 0.164 e. The van der Waals surface area contributed by atoms with Crippen LogP contribution < -0.4 is 4.90 Å². The Labute approximate surface area is 134 Å². The van der Waals surface area contributed by atoms with E-state index >= 15 is 0 Å². The molecule has 0 saturated heterocycles. The van der Waals surface area contributed by atoms with E-state index in [0.29, 0.717) is 6.54 Å². The van der Waals surface area contributed by atoms with Gasteiger partial charge < -0.3 is 9.42 Å². The van der Waals surface area contributed by atoms with Crippen molar-refractivity contribution in [3.8, 4) is 0 Å². The molecular formula is C17H19N5O. The van der Waals surface area contributed by atoms with Crippen molar-refractivity contribution in [1.29, 1.82) is 0 Å². The average molecular weight is 309 g/mol. The summed E-state index contributed by atoms with van der Waals surface area (Å²) < 4.78 is 5.51. The highest BCUT2D eigenvalue weighted by Crippen LogP contribution is 2.27. The number of aryl methyl sites for hydroxylation is 2. The molecule has 0 atom stereocenters. The lowest BCUT2D eigenvalue weighted by Crippen LogP contribution is -2.20. The minimum Gasteiger partial charge on any atom is -0.361 e. The van der Waals surface area contributed by atoms with E-state index in [-0.39, 0.29) is 0 Å². The van der Waals surface area contributed by atoms with Crippen molar-refractivity contribution in [1.82, 2.24) is 20.1 Å². The zero-order chi connectivity index (χ0) is 15.8. The van der Waals surface area contributed by atoms with Crippen LogP contribution in [0.1, 0.15) is 35.7 Å². The first-order chi connectivity index (χ1) is 11.2. The SMILES string of the molecule is Cc1nc(N(C)Cc2noc3c2CCCC3)c2cccnc2n1. The van der Waals surface area contributed by atoms with Crippen molar-refractivity contribution in [2.45, 2.75) is 39.2 Å². The fourth-order valence-electron chi connectivity index (χ4n) is 3.22. The Kier molecular flexibility index (Phi) is 3.44. The van der Waals surface area contributed by atoms with Crippen molar-refractivity contribution in [3.63, 3.8) is 0 Å². The normalized spacial score (nSPS) is 14.0. The lowest BCUT2D eigenvalue weighted by atomic mass is 9.96. The highest BCUT2D eigenvalue weighted by Gasteiger charge is 2.21. The van der Waals surface area contributed by atoms with E-state index in [2.05, 4.69) is 25.0 Å². The van der Waals surface area contributed by atoms with E-state index in [4.69, 9.17) is 4.52 Å². The van der Waals surface area contributed by atoms with Gasteiger partial charge in [-0.25, -0.2) is 15.0 Å². The maximum atomic E-state index is 5.51. The summed E-state index contributed by atoms with van der Waals surface area (Å²) >= 11 is 0. The second kappa shape index (κ2) is 5.61. The maximum Gasteiger partial charge on any atom is 0.164 e. The van der Waals surface area contributed by atoms with Gasteiger partial charge in [0.05, 0.1) is 11.9 Å². The number of hydrogen-bond acceptors (Lipinski definition) is 6.